The Labute approximate surface area is 154 Å². The second-order valence-corrected chi connectivity index (χ2v) is 6.68. The minimum absolute atomic E-state index is 0.235. The number of thioether (sulfide) groups is 1. The zero-order valence-corrected chi connectivity index (χ0v) is 14.8. The molecule has 5 nitrogen and oxygen atoms in total. The first-order chi connectivity index (χ1) is 12.1. The Morgan fingerprint density at radius 2 is 1.96 bits per heavy atom. The van der Waals surface area contributed by atoms with Gasteiger partial charge in [0.2, 0.25) is 11.8 Å². The summed E-state index contributed by atoms with van der Waals surface area (Å²) in [6.07, 6.45) is 1.69. The molecule has 2 aromatic carbocycles. The minimum atomic E-state index is -0.347. The lowest BCUT2D eigenvalue weighted by Crippen LogP contribution is -2.13. The Hall–Kier alpha value is -2.44. The number of rotatable bonds is 7. The van der Waals surface area contributed by atoms with Gasteiger partial charge in [0.05, 0.1) is 18.5 Å². The van der Waals surface area contributed by atoms with Crippen LogP contribution in [0.15, 0.2) is 64.0 Å². The molecule has 0 unspecified atom stereocenters. The molecule has 25 heavy (non-hydrogen) atoms. The number of anilines is 1. The number of hydrogen-bond acceptors (Lipinski definition) is 5. The first kappa shape index (κ1) is 17.4. The maximum atomic E-state index is 11.0. The highest BCUT2D eigenvalue weighted by molar-refractivity contribution is 8.00. The van der Waals surface area contributed by atoms with Crippen molar-refractivity contribution in [3.05, 3.63) is 65.6 Å². The molecule has 0 bridgehead atoms. The molecule has 0 aliphatic rings. The summed E-state index contributed by atoms with van der Waals surface area (Å²) < 4.78 is 5.77. The molecule has 3 N–H and O–H groups in total. The predicted octanol–water partition coefficient (Wildman–Crippen LogP) is 4.18. The number of carbonyl (C=O) groups is 1. The van der Waals surface area contributed by atoms with Gasteiger partial charge in [-0.05, 0) is 36.4 Å². The molecule has 7 heteroatoms. The number of aromatic nitrogens is 1. The van der Waals surface area contributed by atoms with Gasteiger partial charge in [0.1, 0.15) is 0 Å². The molecule has 128 valence electrons. The molecule has 1 aromatic heterocycles. The smallest absolute Gasteiger partial charge is 0.227 e. The van der Waals surface area contributed by atoms with Crippen LogP contribution < -0.4 is 11.1 Å². The van der Waals surface area contributed by atoms with Crippen LogP contribution in [0.25, 0.3) is 11.3 Å². The van der Waals surface area contributed by atoms with Crippen LogP contribution in [0, 0.1) is 0 Å². The van der Waals surface area contributed by atoms with Crippen molar-refractivity contribution in [3.8, 4) is 11.3 Å². The molecule has 0 aliphatic heterocycles. The highest BCUT2D eigenvalue weighted by atomic mass is 35.5. The first-order valence-corrected chi connectivity index (χ1v) is 8.93. The highest BCUT2D eigenvalue weighted by Gasteiger charge is 2.08. The molecule has 0 atom stereocenters. The predicted molar refractivity (Wildman–Crippen MR) is 101 cm³/mol. The Balaban J connectivity index is 1.66. The van der Waals surface area contributed by atoms with E-state index in [1.54, 1.807) is 6.20 Å². The third-order valence-corrected chi connectivity index (χ3v) is 4.72. The van der Waals surface area contributed by atoms with E-state index in [0.29, 0.717) is 23.2 Å². The SMILES string of the molecule is NC(=O)CSc1ccccc1NCc1ncc(-c2ccc(Cl)cc2)o1. The van der Waals surface area contributed by atoms with Gasteiger partial charge in [-0.15, -0.1) is 11.8 Å². The standard InChI is InChI=1S/C18H16ClN3O2S/c19-13-7-5-12(6-8-13)15-9-22-18(24-15)10-21-14-3-1-2-4-16(14)25-11-17(20)23/h1-9,21H,10-11H2,(H2,20,23). The average molecular weight is 374 g/mol. The number of hydrogen-bond donors (Lipinski definition) is 2. The van der Waals surface area contributed by atoms with Gasteiger partial charge in [-0.1, -0.05) is 23.7 Å². The van der Waals surface area contributed by atoms with Gasteiger partial charge in [-0.3, -0.25) is 4.79 Å². The number of nitrogens with two attached hydrogens (primary N) is 1. The molecular formula is C18H16ClN3O2S. The van der Waals surface area contributed by atoms with E-state index in [2.05, 4.69) is 10.3 Å². The van der Waals surface area contributed by atoms with Crippen molar-refractivity contribution in [2.75, 3.05) is 11.1 Å². The normalized spacial score (nSPS) is 10.6. The second-order valence-electron chi connectivity index (χ2n) is 5.23. The molecule has 1 amide bonds. The van der Waals surface area contributed by atoms with Crippen LogP contribution in [-0.2, 0) is 11.3 Å². The summed E-state index contributed by atoms with van der Waals surface area (Å²) in [6, 6.07) is 15.1. The van der Waals surface area contributed by atoms with Crippen molar-refractivity contribution in [3.63, 3.8) is 0 Å². The summed E-state index contributed by atoms with van der Waals surface area (Å²) in [7, 11) is 0. The van der Waals surface area contributed by atoms with Crippen LogP contribution in [0.4, 0.5) is 5.69 Å². The van der Waals surface area contributed by atoms with Crippen LogP contribution in [0.5, 0.6) is 0 Å². The van der Waals surface area contributed by atoms with Crippen LogP contribution >= 0.6 is 23.4 Å². The fourth-order valence-electron chi connectivity index (χ4n) is 2.20. The molecule has 0 spiro atoms. The van der Waals surface area contributed by atoms with Crippen LogP contribution in [0.1, 0.15) is 5.89 Å². The van der Waals surface area contributed by atoms with Crippen LogP contribution in [-0.4, -0.2) is 16.6 Å². The van der Waals surface area contributed by atoms with Gasteiger partial charge in [-0.2, -0.15) is 0 Å². The van der Waals surface area contributed by atoms with E-state index in [4.69, 9.17) is 21.8 Å². The van der Waals surface area contributed by atoms with E-state index in [1.807, 2.05) is 48.5 Å². The lowest BCUT2D eigenvalue weighted by Gasteiger charge is -2.09. The van der Waals surface area contributed by atoms with E-state index < -0.39 is 0 Å². The van der Waals surface area contributed by atoms with E-state index in [1.165, 1.54) is 11.8 Å². The Morgan fingerprint density at radius 1 is 1.20 bits per heavy atom. The maximum absolute atomic E-state index is 11.0. The number of oxazole rings is 1. The lowest BCUT2D eigenvalue weighted by molar-refractivity contribution is -0.115. The summed E-state index contributed by atoms with van der Waals surface area (Å²) in [6.45, 7) is 0.432. The van der Waals surface area contributed by atoms with Crippen LogP contribution in [0.2, 0.25) is 5.02 Å². The first-order valence-electron chi connectivity index (χ1n) is 7.56. The van der Waals surface area contributed by atoms with E-state index in [9.17, 15) is 4.79 Å². The monoisotopic (exact) mass is 373 g/mol. The van der Waals surface area contributed by atoms with Crippen molar-refractivity contribution < 1.29 is 9.21 Å². The highest BCUT2D eigenvalue weighted by Crippen LogP contribution is 2.27. The summed E-state index contributed by atoms with van der Waals surface area (Å²) in [5.41, 5.74) is 7.03. The van der Waals surface area contributed by atoms with Gasteiger partial charge >= 0.3 is 0 Å². The topological polar surface area (TPSA) is 81.2 Å². The van der Waals surface area contributed by atoms with Gasteiger partial charge in [0, 0.05) is 21.2 Å². The Bertz CT molecular complexity index is 865. The van der Waals surface area contributed by atoms with Crippen molar-refractivity contribution in [2.45, 2.75) is 11.4 Å². The quantitative estimate of drug-likeness (QED) is 0.607. The van der Waals surface area contributed by atoms with Gasteiger partial charge in [0.15, 0.2) is 5.76 Å². The molecule has 3 aromatic rings. The van der Waals surface area contributed by atoms with Gasteiger partial charge in [-0.25, -0.2) is 4.98 Å². The zero-order chi connectivity index (χ0) is 17.6. The number of carbonyl (C=O) groups excluding carboxylic acids is 1. The molecule has 0 saturated carbocycles. The Morgan fingerprint density at radius 3 is 2.72 bits per heavy atom. The van der Waals surface area contributed by atoms with Gasteiger partial charge in [0.25, 0.3) is 0 Å². The number of primary amides is 1. The van der Waals surface area contributed by atoms with Crippen LogP contribution in [0.3, 0.4) is 0 Å². The molecule has 1 heterocycles. The number of para-hydroxylation sites is 1. The Kier molecular flexibility index (Phi) is 5.63. The molecular weight excluding hydrogens is 358 g/mol. The molecule has 0 saturated heterocycles. The largest absolute Gasteiger partial charge is 0.439 e. The summed E-state index contributed by atoms with van der Waals surface area (Å²) in [5, 5.41) is 3.95. The summed E-state index contributed by atoms with van der Waals surface area (Å²) in [4.78, 5) is 16.2. The third-order valence-electron chi connectivity index (χ3n) is 3.37. The molecule has 0 fully saturated rings. The molecule has 0 aliphatic carbocycles. The van der Waals surface area contributed by atoms with Crippen molar-refractivity contribution >= 4 is 35.0 Å². The van der Waals surface area contributed by atoms with E-state index in [0.717, 1.165) is 16.1 Å². The second kappa shape index (κ2) is 8.09. The molecule has 3 rings (SSSR count). The fourth-order valence-corrected chi connectivity index (χ4v) is 3.09. The van der Waals surface area contributed by atoms with Gasteiger partial charge < -0.3 is 15.5 Å². The summed E-state index contributed by atoms with van der Waals surface area (Å²) >= 11 is 7.29. The fraction of sp³-hybridized carbons (Fsp3) is 0.111. The molecule has 0 radical (unpaired) electrons. The van der Waals surface area contributed by atoms with E-state index >= 15 is 0 Å². The third kappa shape index (κ3) is 4.78. The number of benzene rings is 2. The number of nitrogens with zero attached hydrogens (tertiary/aromatic N) is 1. The minimum Gasteiger partial charge on any atom is -0.439 e. The number of amides is 1. The lowest BCUT2D eigenvalue weighted by atomic mass is 10.2. The van der Waals surface area contributed by atoms with Crippen molar-refractivity contribution in [1.82, 2.24) is 4.98 Å². The number of nitrogens with one attached hydrogen (secondary N) is 1. The summed E-state index contributed by atoms with van der Waals surface area (Å²) in [5.74, 6) is 1.14. The number of halogens is 1. The maximum Gasteiger partial charge on any atom is 0.227 e. The average Bonchev–Trinajstić information content (AvgIpc) is 3.08. The van der Waals surface area contributed by atoms with Crippen molar-refractivity contribution in [1.29, 1.82) is 0 Å². The zero-order valence-electron chi connectivity index (χ0n) is 13.2. The van der Waals surface area contributed by atoms with Crippen molar-refractivity contribution in [2.24, 2.45) is 5.73 Å². The van der Waals surface area contributed by atoms with E-state index in [-0.39, 0.29) is 11.7 Å².